The van der Waals surface area contributed by atoms with Gasteiger partial charge in [0, 0.05) is 12.2 Å². The molecule has 1 aromatic heterocycles. The number of hydrogen-bond acceptors (Lipinski definition) is 2. The fraction of sp³-hybridized carbons (Fsp3) is 0.400. The number of pyridine rings is 1. The molecule has 0 aromatic carbocycles. The highest BCUT2D eigenvalue weighted by Gasteiger charge is 2.23. The van der Waals surface area contributed by atoms with Gasteiger partial charge in [-0.05, 0) is 31.4 Å². The van der Waals surface area contributed by atoms with Crippen molar-refractivity contribution < 1.29 is 4.79 Å². The van der Waals surface area contributed by atoms with Gasteiger partial charge in [-0.1, -0.05) is 0 Å². The molecule has 0 saturated heterocycles. The van der Waals surface area contributed by atoms with Crippen LogP contribution in [0.3, 0.4) is 0 Å². The number of hydrogen-bond donors (Lipinski definition) is 2. The second-order valence-corrected chi connectivity index (χ2v) is 3.62. The number of anilines is 1. The molecule has 0 spiro atoms. The average Bonchev–Trinajstić information content (AvgIpc) is 2.87. The number of urea groups is 1. The van der Waals surface area contributed by atoms with Crippen molar-refractivity contribution in [3.05, 3.63) is 24.0 Å². The molecule has 1 aliphatic rings. The first kappa shape index (κ1) is 8.99. The van der Waals surface area contributed by atoms with Crippen LogP contribution < -0.4 is 10.6 Å². The Bertz CT molecular complexity index is 347. The van der Waals surface area contributed by atoms with E-state index in [1.165, 1.54) is 0 Å². The fourth-order valence-electron chi connectivity index (χ4n) is 1.20. The molecule has 1 fully saturated rings. The Balaban J connectivity index is 1.92. The number of carbonyl (C=O) groups is 1. The molecular weight excluding hydrogens is 178 g/mol. The van der Waals surface area contributed by atoms with Crippen molar-refractivity contribution in [1.29, 1.82) is 0 Å². The smallest absolute Gasteiger partial charge is 0.319 e. The Morgan fingerprint density at radius 3 is 2.93 bits per heavy atom. The van der Waals surface area contributed by atoms with Crippen molar-refractivity contribution in [3.8, 4) is 0 Å². The van der Waals surface area contributed by atoms with E-state index in [1.54, 1.807) is 12.4 Å². The van der Waals surface area contributed by atoms with Crippen LogP contribution in [-0.4, -0.2) is 17.1 Å². The number of aryl methyl sites for hydroxylation is 1. The van der Waals surface area contributed by atoms with Crippen LogP contribution in [0.1, 0.15) is 18.4 Å². The zero-order valence-corrected chi connectivity index (χ0v) is 8.08. The van der Waals surface area contributed by atoms with Crippen molar-refractivity contribution in [2.45, 2.75) is 25.8 Å². The predicted molar refractivity (Wildman–Crippen MR) is 54.2 cm³/mol. The molecule has 0 radical (unpaired) electrons. The molecule has 0 aliphatic heterocycles. The van der Waals surface area contributed by atoms with Gasteiger partial charge < -0.3 is 10.6 Å². The molecule has 74 valence electrons. The van der Waals surface area contributed by atoms with Crippen molar-refractivity contribution in [3.63, 3.8) is 0 Å². The molecule has 0 unspecified atom stereocenters. The van der Waals surface area contributed by atoms with Crippen LogP contribution in [-0.2, 0) is 0 Å². The maximum Gasteiger partial charge on any atom is 0.319 e. The number of aromatic nitrogens is 1. The first-order valence-electron chi connectivity index (χ1n) is 4.73. The van der Waals surface area contributed by atoms with Crippen LogP contribution in [0.4, 0.5) is 10.5 Å². The summed E-state index contributed by atoms with van der Waals surface area (Å²) in [6.45, 7) is 1.94. The summed E-state index contributed by atoms with van der Waals surface area (Å²) in [5.41, 5.74) is 1.78. The van der Waals surface area contributed by atoms with Crippen LogP contribution in [0.15, 0.2) is 18.5 Å². The number of nitrogens with zero attached hydrogens (tertiary/aromatic N) is 1. The van der Waals surface area contributed by atoms with Gasteiger partial charge in [-0.25, -0.2) is 4.79 Å². The van der Waals surface area contributed by atoms with Gasteiger partial charge in [0.25, 0.3) is 0 Å². The van der Waals surface area contributed by atoms with Crippen molar-refractivity contribution in [1.82, 2.24) is 10.3 Å². The quantitative estimate of drug-likeness (QED) is 0.747. The predicted octanol–water partition coefficient (Wildman–Crippen LogP) is 1.67. The summed E-state index contributed by atoms with van der Waals surface area (Å²) >= 11 is 0. The zero-order chi connectivity index (χ0) is 9.97. The molecule has 1 heterocycles. The Hall–Kier alpha value is -1.58. The van der Waals surface area contributed by atoms with Crippen LogP contribution in [0.2, 0.25) is 0 Å². The van der Waals surface area contributed by atoms with Gasteiger partial charge in [-0.2, -0.15) is 0 Å². The lowest BCUT2D eigenvalue weighted by molar-refractivity contribution is 0.251. The normalized spacial score (nSPS) is 14.9. The number of nitrogens with one attached hydrogen (secondary N) is 2. The van der Waals surface area contributed by atoms with Crippen LogP contribution in [0.5, 0.6) is 0 Å². The molecule has 1 saturated carbocycles. The third-order valence-corrected chi connectivity index (χ3v) is 2.05. The zero-order valence-electron chi connectivity index (χ0n) is 8.08. The van der Waals surface area contributed by atoms with E-state index in [0.29, 0.717) is 6.04 Å². The SMILES string of the molecule is Cc1cncc(NC(=O)NC2CC2)c1. The van der Waals surface area contributed by atoms with Gasteiger partial charge >= 0.3 is 6.03 Å². The summed E-state index contributed by atoms with van der Waals surface area (Å²) in [6, 6.07) is 2.13. The van der Waals surface area contributed by atoms with Crippen LogP contribution in [0.25, 0.3) is 0 Å². The van der Waals surface area contributed by atoms with Gasteiger partial charge in [0.1, 0.15) is 0 Å². The lowest BCUT2D eigenvalue weighted by Crippen LogP contribution is -2.30. The molecule has 1 aliphatic carbocycles. The minimum atomic E-state index is -0.139. The van der Waals surface area contributed by atoms with E-state index in [0.717, 1.165) is 24.1 Å². The molecule has 14 heavy (non-hydrogen) atoms. The van der Waals surface area contributed by atoms with Gasteiger partial charge in [-0.3, -0.25) is 4.98 Å². The van der Waals surface area contributed by atoms with Crippen molar-refractivity contribution in [2.75, 3.05) is 5.32 Å². The highest BCUT2D eigenvalue weighted by atomic mass is 16.2. The molecular formula is C10H13N3O. The summed E-state index contributed by atoms with van der Waals surface area (Å²) < 4.78 is 0. The second kappa shape index (κ2) is 3.65. The van der Waals surface area contributed by atoms with Gasteiger partial charge in [-0.15, -0.1) is 0 Å². The van der Waals surface area contributed by atoms with E-state index >= 15 is 0 Å². The summed E-state index contributed by atoms with van der Waals surface area (Å²) in [4.78, 5) is 15.3. The minimum absolute atomic E-state index is 0.139. The molecule has 4 heteroatoms. The number of amides is 2. The second-order valence-electron chi connectivity index (χ2n) is 3.62. The van der Waals surface area contributed by atoms with E-state index in [4.69, 9.17) is 0 Å². The van der Waals surface area contributed by atoms with Crippen molar-refractivity contribution >= 4 is 11.7 Å². The third-order valence-electron chi connectivity index (χ3n) is 2.05. The van der Waals surface area contributed by atoms with Gasteiger partial charge in [0.15, 0.2) is 0 Å². The van der Waals surface area contributed by atoms with E-state index in [-0.39, 0.29) is 6.03 Å². The molecule has 2 N–H and O–H groups in total. The lowest BCUT2D eigenvalue weighted by atomic mass is 10.3. The first-order valence-corrected chi connectivity index (χ1v) is 4.73. The maximum absolute atomic E-state index is 11.3. The molecule has 1 aromatic rings. The molecule has 2 amide bonds. The van der Waals surface area contributed by atoms with E-state index in [9.17, 15) is 4.79 Å². The highest BCUT2D eigenvalue weighted by Crippen LogP contribution is 2.18. The maximum atomic E-state index is 11.3. The van der Waals surface area contributed by atoms with Crippen LogP contribution >= 0.6 is 0 Å². The Labute approximate surface area is 82.7 Å². The number of carbonyl (C=O) groups excluding carboxylic acids is 1. The molecule has 0 bridgehead atoms. The summed E-state index contributed by atoms with van der Waals surface area (Å²) in [5.74, 6) is 0. The average molecular weight is 191 g/mol. The van der Waals surface area contributed by atoms with E-state index in [1.807, 2.05) is 13.0 Å². The Morgan fingerprint density at radius 1 is 1.50 bits per heavy atom. The summed E-state index contributed by atoms with van der Waals surface area (Å²) in [6.07, 6.45) is 5.59. The van der Waals surface area contributed by atoms with Crippen LogP contribution in [0, 0.1) is 6.92 Å². The number of rotatable bonds is 2. The van der Waals surface area contributed by atoms with E-state index in [2.05, 4.69) is 15.6 Å². The van der Waals surface area contributed by atoms with Crippen molar-refractivity contribution in [2.24, 2.45) is 0 Å². The molecule has 0 atom stereocenters. The largest absolute Gasteiger partial charge is 0.335 e. The lowest BCUT2D eigenvalue weighted by Gasteiger charge is -2.06. The first-order chi connectivity index (χ1) is 6.74. The summed E-state index contributed by atoms with van der Waals surface area (Å²) in [5, 5.41) is 5.59. The molecule has 4 nitrogen and oxygen atoms in total. The highest BCUT2D eigenvalue weighted by molar-refractivity contribution is 5.89. The standard InChI is InChI=1S/C10H13N3O/c1-7-4-9(6-11-5-7)13-10(14)12-8-2-3-8/h4-6,8H,2-3H2,1H3,(H2,12,13,14). The van der Waals surface area contributed by atoms with E-state index < -0.39 is 0 Å². The fourth-order valence-corrected chi connectivity index (χ4v) is 1.20. The molecule has 2 rings (SSSR count). The Morgan fingerprint density at radius 2 is 2.29 bits per heavy atom. The summed E-state index contributed by atoms with van der Waals surface area (Å²) in [7, 11) is 0. The monoisotopic (exact) mass is 191 g/mol. The third kappa shape index (κ3) is 2.45. The van der Waals surface area contributed by atoms with Gasteiger partial charge in [0.05, 0.1) is 11.9 Å². The van der Waals surface area contributed by atoms with Gasteiger partial charge in [0.2, 0.25) is 0 Å². The Kier molecular flexibility index (Phi) is 2.35. The minimum Gasteiger partial charge on any atom is -0.335 e. The topological polar surface area (TPSA) is 54.0 Å².